The summed E-state index contributed by atoms with van der Waals surface area (Å²) in [6.07, 6.45) is 4.13. The molecule has 2 aromatic carbocycles. The highest BCUT2D eigenvalue weighted by Gasteiger charge is 2.24. The fourth-order valence-corrected chi connectivity index (χ4v) is 4.72. The Labute approximate surface area is 196 Å². The van der Waals surface area contributed by atoms with Crippen molar-refractivity contribution in [2.24, 2.45) is 0 Å². The summed E-state index contributed by atoms with van der Waals surface area (Å²) in [6, 6.07) is 14.9. The first kappa shape index (κ1) is 23.2. The maximum absolute atomic E-state index is 13.5. The van der Waals surface area contributed by atoms with E-state index >= 15 is 0 Å². The van der Waals surface area contributed by atoms with Crippen molar-refractivity contribution >= 4 is 0 Å². The summed E-state index contributed by atoms with van der Waals surface area (Å²) in [6.45, 7) is 10.1. The average Bonchev–Trinajstić information content (AvgIpc) is 2.81. The summed E-state index contributed by atoms with van der Waals surface area (Å²) in [7, 11) is 0. The molecule has 0 saturated carbocycles. The lowest BCUT2D eigenvalue weighted by Crippen LogP contribution is -2.33. The third-order valence-corrected chi connectivity index (χ3v) is 6.29. The molecule has 5 heteroatoms. The molecule has 0 bridgehead atoms. The summed E-state index contributed by atoms with van der Waals surface area (Å²) >= 11 is 0. The summed E-state index contributed by atoms with van der Waals surface area (Å²) in [5.41, 5.74) is 5.47. The van der Waals surface area contributed by atoms with E-state index in [2.05, 4.69) is 35.0 Å². The molecule has 1 fully saturated rings. The molecular formula is C28H33FN2O2. The van der Waals surface area contributed by atoms with Crippen molar-refractivity contribution in [1.29, 1.82) is 0 Å². The van der Waals surface area contributed by atoms with Crippen LogP contribution in [-0.2, 0) is 6.54 Å². The standard InChI is InChI=1S/C28H33FN2O2/c1-4-32-25-17-21(18-26(33-5-2)27(25)22-8-10-24(29)11-9-22)19-31-15-12-23(13-16-31)28-20(3)7-6-14-30-28/h6-11,14,17-18,23H,4-5,12-13,15-16,19H2,1-3H3. The van der Waals surface area contributed by atoms with Gasteiger partial charge in [-0.3, -0.25) is 9.88 Å². The van der Waals surface area contributed by atoms with Gasteiger partial charge < -0.3 is 9.47 Å². The van der Waals surface area contributed by atoms with Crippen LogP contribution in [0.5, 0.6) is 11.5 Å². The molecule has 174 valence electrons. The molecule has 4 nitrogen and oxygen atoms in total. The highest BCUT2D eigenvalue weighted by atomic mass is 19.1. The molecule has 0 spiro atoms. The number of rotatable bonds is 8. The Balaban J connectivity index is 1.54. The molecule has 1 saturated heterocycles. The minimum absolute atomic E-state index is 0.254. The van der Waals surface area contributed by atoms with Crippen LogP contribution in [-0.4, -0.2) is 36.2 Å². The zero-order valence-corrected chi connectivity index (χ0v) is 19.8. The lowest BCUT2D eigenvalue weighted by molar-refractivity contribution is 0.202. The maximum Gasteiger partial charge on any atom is 0.131 e. The SMILES string of the molecule is CCOc1cc(CN2CCC(c3ncccc3C)CC2)cc(OCC)c1-c1ccc(F)cc1. The van der Waals surface area contributed by atoms with Crippen molar-refractivity contribution in [2.45, 2.75) is 46.1 Å². The average molecular weight is 449 g/mol. The topological polar surface area (TPSA) is 34.6 Å². The van der Waals surface area contributed by atoms with Crippen LogP contribution in [0.2, 0.25) is 0 Å². The molecule has 33 heavy (non-hydrogen) atoms. The van der Waals surface area contributed by atoms with Gasteiger partial charge in [0.1, 0.15) is 17.3 Å². The lowest BCUT2D eigenvalue weighted by Gasteiger charge is -2.32. The molecule has 0 amide bonds. The van der Waals surface area contributed by atoms with Gasteiger partial charge in [-0.15, -0.1) is 0 Å². The molecule has 1 aromatic heterocycles. The monoisotopic (exact) mass is 448 g/mol. The van der Waals surface area contributed by atoms with E-state index < -0.39 is 0 Å². The predicted octanol–water partition coefficient (Wildman–Crippen LogP) is 6.37. The highest BCUT2D eigenvalue weighted by molar-refractivity contribution is 5.77. The van der Waals surface area contributed by atoms with E-state index in [1.807, 2.05) is 26.1 Å². The van der Waals surface area contributed by atoms with Gasteiger partial charge in [-0.1, -0.05) is 18.2 Å². The van der Waals surface area contributed by atoms with Crippen molar-refractivity contribution in [1.82, 2.24) is 9.88 Å². The van der Waals surface area contributed by atoms with Crippen LogP contribution in [0.3, 0.4) is 0 Å². The molecule has 0 aliphatic carbocycles. The zero-order chi connectivity index (χ0) is 23.2. The summed E-state index contributed by atoms with van der Waals surface area (Å²) < 4.78 is 25.6. The molecule has 0 unspecified atom stereocenters. The van der Waals surface area contributed by atoms with Crippen molar-refractivity contribution in [3.05, 3.63) is 77.4 Å². The fraction of sp³-hybridized carbons (Fsp3) is 0.393. The molecule has 0 N–H and O–H groups in total. The Morgan fingerprint density at radius 3 is 2.18 bits per heavy atom. The van der Waals surface area contributed by atoms with Crippen molar-refractivity contribution in [3.8, 4) is 22.6 Å². The number of ether oxygens (including phenoxy) is 2. The third-order valence-electron chi connectivity index (χ3n) is 6.29. The molecule has 1 aliphatic rings. The molecule has 2 heterocycles. The van der Waals surface area contributed by atoms with Crippen LogP contribution >= 0.6 is 0 Å². The molecule has 4 rings (SSSR count). The van der Waals surface area contributed by atoms with E-state index in [-0.39, 0.29) is 5.82 Å². The van der Waals surface area contributed by atoms with E-state index in [1.54, 1.807) is 12.1 Å². The van der Waals surface area contributed by atoms with Gasteiger partial charge in [-0.05, 0) is 93.7 Å². The quantitative estimate of drug-likeness (QED) is 0.401. The zero-order valence-electron chi connectivity index (χ0n) is 19.8. The number of benzene rings is 2. The molecule has 3 aromatic rings. The summed E-state index contributed by atoms with van der Waals surface area (Å²) in [5.74, 6) is 1.84. The van der Waals surface area contributed by atoms with Gasteiger partial charge in [0, 0.05) is 24.4 Å². The summed E-state index contributed by atoms with van der Waals surface area (Å²) in [5, 5.41) is 0. The molecular weight excluding hydrogens is 415 g/mol. The van der Waals surface area contributed by atoms with Gasteiger partial charge in [0.15, 0.2) is 0 Å². The van der Waals surface area contributed by atoms with Gasteiger partial charge in [0.05, 0.1) is 18.8 Å². The number of aromatic nitrogens is 1. The van der Waals surface area contributed by atoms with Gasteiger partial charge in [-0.2, -0.15) is 0 Å². The number of aryl methyl sites for hydroxylation is 1. The normalized spacial score (nSPS) is 14.9. The first-order valence-corrected chi connectivity index (χ1v) is 11.9. The van der Waals surface area contributed by atoms with E-state index in [0.717, 1.165) is 55.1 Å². The summed E-state index contributed by atoms with van der Waals surface area (Å²) in [4.78, 5) is 7.14. The van der Waals surface area contributed by atoms with Gasteiger partial charge in [0.2, 0.25) is 0 Å². The van der Waals surface area contributed by atoms with Crippen molar-refractivity contribution in [3.63, 3.8) is 0 Å². The highest BCUT2D eigenvalue weighted by Crippen LogP contribution is 2.40. The van der Waals surface area contributed by atoms with Crippen LogP contribution in [0.4, 0.5) is 4.39 Å². The van der Waals surface area contributed by atoms with Crippen molar-refractivity contribution < 1.29 is 13.9 Å². The first-order valence-electron chi connectivity index (χ1n) is 11.9. The Bertz CT molecular complexity index is 1030. The minimum atomic E-state index is -0.254. The van der Waals surface area contributed by atoms with Crippen LogP contribution in [0.1, 0.15) is 49.4 Å². The Morgan fingerprint density at radius 1 is 0.970 bits per heavy atom. The number of hydrogen-bond donors (Lipinski definition) is 0. The second kappa shape index (κ2) is 10.8. The third kappa shape index (κ3) is 5.53. The van der Waals surface area contributed by atoms with Crippen molar-refractivity contribution in [2.75, 3.05) is 26.3 Å². The fourth-order valence-electron chi connectivity index (χ4n) is 4.72. The van der Waals surface area contributed by atoms with E-state index in [4.69, 9.17) is 9.47 Å². The van der Waals surface area contributed by atoms with Crippen LogP contribution in [0, 0.1) is 12.7 Å². The van der Waals surface area contributed by atoms with Crippen LogP contribution in [0.15, 0.2) is 54.7 Å². The first-order chi connectivity index (χ1) is 16.1. The second-order valence-electron chi connectivity index (χ2n) is 8.60. The Hall–Kier alpha value is -2.92. The molecule has 1 aliphatic heterocycles. The maximum atomic E-state index is 13.5. The number of piperidine rings is 1. The second-order valence-corrected chi connectivity index (χ2v) is 8.60. The number of halogens is 1. The Kier molecular flexibility index (Phi) is 7.61. The Morgan fingerprint density at radius 2 is 1.61 bits per heavy atom. The molecule has 0 radical (unpaired) electrons. The number of likely N-dealkylation sites (tertiary alicyclic amines) is 1. The lowest BCUT2D eigenvalue weighted by atomic mass is 9.90. The number of nitrogens with zero attached hydrogens (tertiary/aromatic N) is 2. The van der Waals surface area contributed by atoms with Gasteiger partial charge in [-0.25, -0.2) is 4.39 Å². The van der Waals surface area contributed by atoms with E-state index in [9.17, 15) is 4.39 Å². The van der Waals surface area contributed by atoms with Gasteiger partial charge in [0.25, 0.3) is 0 Å². The van der Waals surface area contributed by atoms with E-state index in [0.29, 0.717) is 19.1 Å². The van der Waals surface area contributed by atoms with Crippen LogP contribution < -0.4 is 9.47 Å². The van der Waals surface area contributed by atoms with Gasteiger partial charge >= 0.3 is 0 Å². The predicted molar refractivity (Wildman–Crippen MR) is 130 cm³/mol. The smallest absolute Gasteiger partial charge is 0.131 e. The largest absolute Gasteiger partial charge is 0.493 e. The number of pyridine rings is 1. The minimum Gasteiger partial charge on any atom is -0.493 e. The number of hydrogen-bond acceptors (Lipinski definition) is 4. The van der Waals surface area contributed by atoms with Crippen LogP contribution in [0.25, 0.3) is 11.1 Å². The molecule has 0 atom stereocenters. The van der Waals surface area contributed by atoms with E-state index in [1.165, 1.54) is 29.0 Å².